The Morgan fingerprint density at radius 3 is 1.99 bits per heavy atom. The van der Waals surface area contributed by atoms with Gasteiger partial charge in [-0.2, -0.15) is 8.42 Å². The van der Waals surface area contributed by atoms with Crippen LogP contribution in [0.2, 0.25) is 0 Å². The van der Waals surface area contributed by atoms with Crippen molar-refractivity contribution in [1.82, 2.24) is 19.4 Å². The third-order valence-corrected chi connectivity index (χ3v) is 11.6. The van der Waals surface area contributed by atoms with Crippen LogP contribution in [-0.2, 0) is 10.1 Å². The van der Waals surface area contributed by atoms with Gasteiger partial charge in [-0.1, -0.05) is 0 Å². The van der Waals surface area contributed by atoms with Crippen LogP contribution < -0.4 is 36.4 Å². The molecule has 4 aliphatic rings. The van der Waals surface area contributed by atoms with Gasteiger partial charge in [0, 0.05) is 69.3 Å². The quantitative estimate of drug-likeness (QED) is 0.0770. The smallest absolute Gasteiger partial charge is 0.341 e. The van der Waals surface area contributed by atoms with Gasteiger partial charge in [-0.25, -0.2) is 32.1 Å². The fraction of sp³-hybridized carbons (Fsp3) is 0.419. The number of fused-ring (bicyclic) bond motifs is 3. The van der Waals surface area contributed by atoms with Crippen molar-refractivity contribution in [2.24, 2.45) is 17.6 Å². The first-order valence-electron chi connectivity index (χ1n) is 20.9. The van der Waals surface area contributed by atoms with E-state index in [1.165, 1.54) is 13.3 Å². The van der Waals surface area contributed by atoms with E-state index in [0.717, 1.165) is 54.4 Å². The number of aromatic nitrogens is 3. The van der Waals surface area contributed by atoms with Gasteiger partial charge in [0.25, 0.3) is 10.1 Å². The van der Waals surface area contributed by atoms with Crippen LogP contribution in [0.25, 0.3) is 27.6 Å². The van der Waals surface area contributed by atoms with Crippen molar-refractivity contribution < 1.29 is 70.4 Å². The third-order valence-electron chi connectivity index (χ3n) is 11.6. The summed E-state index contributed by atoms with van der Waals surface area (Å²) in [6.45, 7) is 4.25. The van der Waals surface area contributed by atoms with E-state index in [9.17, 15) is 51.0 Å². The maximum absolute atomic E-state index is 15.1. The molecular weight excluding hydrogens is 931 g/mol. The minimum Gasteiger partial charge on any atom is -0.492 e. The summed E-state index contributed by atoms with van der Waals surface area (Å²) < 4.78 is 92.0. The van der Waals surface area contributed by atoms with Gasteiger partial charge in [0.15, 0.2) is 28.8 Å². The molecule has 0 amide bonds. The van der Waals surface area contributed by atoms with Crippen molar-refractivity contribution >= 4 is 55.5 Å². The number of piperazine rings is 1. The number of ether oxygens (including phenoxy) is 1. The van der Waals surface area contributed by atoms with Gasteiger partial charge in [-0.15, -0.1) is 0 Å². The number of piperidine rings is 1. The molecule has 68 heavy (non-hydrogen) atoms. The maximum atomic E-state index is 15.1. The average Bonchev–Trinajstić information content (AvgIpc) is 4.17. The number of hydrogen-bond donors (Lipinski definition) is 8. The lowest BCUT2D eigenvalue weighted by Gasteiger charge is -2.35. The summed E-state index contributed by atoms with van der Waals surface area (Å²) in [4.78, 5) is 56.2. The van der Waals surface area contributed by atoms with E-state index >= 15 is 4.39 Å². The van der Waals surface area contributed by atoms with E-state index in [1.807, 2.05) is 11.8 Å². The van der Waals surface area contributed by atoms with E-state index in [2.05, 4.69) is 10.3 Å². The number of aliphatic hydroxyl groups excluding tert-OH is 3. The summed E-state index contributed by atoms with van der Waals surface area (Å²) in [6, 6.07) is 5.15. The van der Waals surface area contributed by atoms with Gasteiger partial charge in [-0.05, 0) is 55.9 Å². The number of carbonyl (C=O) groups is 2. The normalized spacial score (nSPS) is 19.6. The number of nitrogens with two attached hydrogens (primary N) is 1. The molecule has 3 aromatic heterocycles. The zero-order chi connectivity index (χ0) is 50.1. The first-order chi connectivity index (χ1) is 32.0. The SMILES string of the molecule is COc1c(N2CCNC(C)C2)c(F)cc2c(=O)c(C(=O)O)cn(C3CC3)c12.CS(=O)(=O)O.NC1[C@H]2CN(c3nc4c(cc3F)c(=O)c(C(=O)O)cn4-c3ccc(F)cc3F)C[C@@H]12.OCC(O)CO. The van der Waals surface area contributed by atoms with Crippen LogP contribution >= 0.6 is 0 Å². The molecule has 2 aliphatic heterocycles. The third kappa shape index (κ3) is 11.2. The number of carboxylic acids is 2. The molecule has 25 heteroatoms. The second-order valence-corrected chi connectivity index (χ2v) is 18.1. The fourth-order valence-electron chi connectivity index (χ4n) is 8.11. The molecular formula is C43H49F4N7O13S. The Balaban J connectivity index is 0.000000185. The topological polar surface area (TPSA) is 300 Å². The molecule has 2 unspecified atom stereocenters. The van der Waals surface area contributed by atoms with Crippen molar-refractivity contribution in [3.05, 3.63) is 97.6 Å². The first-order valence-corrected chi connectivity index (χ1v) is 22.8. The monoisotopic (exact) mass is 979 g/mol. The Bertz CT molecular complexity index is 2970. The highest BCUT2D eigenvalue weighted by Crippen LogP contribution is 2.46. The van der Waals surface area contributed by atoms with Gasteiger partial charge in [0.1, 0.15) is 34.6 Å². The van der Waals surface area contributed by atoms with Crippen LogP contribution in [0, 0.1) is 35.1 Å². The van der Waals surface area contributed by atoms with E-state index < -0.39 is 67.9 Å². The number of aromatic carboxylic acids is 2. The van der Waals surface area contributed by atoms with Crippen LogP contribution in [0.4, 0.5) is 29.1 Å². The van der Waals surface area contributed by atoms with Crippen LogP contribution in [0.5, 0.6) is 5.75 Å². The lowest BCUT2D eigenvalue weighted by Crippen LogP contribution is -2.49. The predicted molar refractivity (Wildman–Crippen MR) is 239 cm³/mol. The molecule has 5 aromatic rings. The van der Waals surface area contributed by atoms with Crippen molar-refractivity contribution in [1.29, 1.82) is 0 Å². The minimum absolute atomic E-state index is 0.0272. The maximum Gasteiger partial charge on any atom is 0.341 e. The number of methoxy groups -OCH3 is 1. The van der Waals surface area contributed by atoms with Crippen LogP contribution in [0.1, 0.15) is 46.5 Å². The Labute approximate surface area is 384 Å². The van der Waals surface area contributed by atoms with Crippen molar-refractivity contribution in [3.63, 3.8) is 0 Å². The molecule has 0 radical (unpaired) electrons. The lowest BCUT2D eigenvalue weighted by atomic mass is 10.1. The number of nitrogens with zero attached hydrogens (tertiary/aromatic N) is 5. The minimum atomic E-state index is -3.67. The van der Waals surface area contributed by atoms with Gasteiger partial charge >= 0.3 is 11.9 Å². The molecule has 5 heterocycles. The fourth-order valence-corrected chi connectivity index (χ4v) is 8.11. The summed E-state index contributed by atoms with van der Waals surface area (Å²) in [5, 5.41) is 45.8. The van der Waals surface area contributed by atoms with Gasteiger partial charge in [0.05, 0.1) is 48.6 Å². The number of rotatable bonds is 9. The number of pyridine rings is 3. The molecule has 2 saturated heterocycles. The number of aliphatic hydroxyl groups is 3. The predicted octanol–water partition coefficient (Wildman–Crippen LogP) is 1.71. The van der Waals surface area contributed by atoms with Gasteiger partial charge < -0.3 is 55.7 Å². The second-order valence-electron chi connectivity index (χ2n) is 16.6. The standard InChI is InChI=1S/C20H15F3N4O3.C19H22FN3O4.C3H8O3.CH4O3S/c21-8-1-2-15(13(22)3-8)27-7-12(20(29)30)17(28)9-4-14(23)19(25-18(9)27)26-5-10-11(6-26)16(10)24;1-10-8-22(6-5-21-10)16-14(20)7-12-15(18(16)27-2)23(11-3-4-11)9-13(17(12)24)19(25)26;4-1-3(6)2-5;1-5(2,3)4/h1-4,7,10-11,16H,5-6,24H2,(H,29,30);7,9-11,21H,3-6,8H2,1-2H3,(H,25,26);3-6H,1-2H2;1H3,(H,2,3,4)/t10-,11+,16?;;;. The van der Waals surface area contributed by atoms with Crippen LogP contribution in [0.15, 0.2) is 52.3 Å². The molecule has 0 spiro atoms. The molecule has 0 bridgehead atoms. The number of benzene rings is 2. The second kappa shape index (κ2) is 20.6. The molecule has 9 rings (SSSR count). The number of carboxylic acid groups (broad SMARTS) is 2. The Morgan fingerprint density at radius 2 is 1.47 bits per heavy atom. The van der Waals surface area contributed by atoms with E-state index in [-0.39, 0.29) is 76.7 Å². The van der Waals surface area contributed by atoms with Gasteiger partial charge in [0.2, 0.25) is 10.9 Å². The van der Waals surface area contributed by atoms with Gasteiger partial charge in [-0.3, -0.25) is 18.7 Å². The molecule has 368 valence electrons. The average molecular weight is 980 g/mol. The molecule has 20 nitrogen and oxygen atoms in total. The Morgan fingerprint density at radius 1 is 0.897 bits per heavy atom. The molecule has 2 aliphatic carbocycles. The summed E-state index contributed by atoms with van der Waals surface area (Å²) in [5.41, 5.74) is 3.70. The summed E-state index contributed by atoms with van der Waals surface area (Å²) >= 11 is 0. The van der Waals surface area contributed by atoms with Crippen molar-refractivity contribution in [3.8, 4) is 11.4 Å². The zero-order valence-corrected chi connectivity index (χ0v) is 37.5. The summed E-state index contributed by atoms with van der Waals surface area (Å²) in [6.07, 6.45) is 3.82. The number of hydrogen-bond acceptors (Lipinski definition) is 15. The molecule has 9 N–H and O–H groups in total. The summed E-state index contributed by atoms with van der Waals surface area (Å²) in [7, 11) is -2.21. The van der Waals surface area contributed by atoms with Crippen molar-refractivity contribution in [2.75, 3.05) is 69.1 Å². The van der Waals surface area contributed by atoms with Crippen LogP contribution in [0.3, 0.4) is 0 Å². The molecule has 2 saturated carbocycles. The molecule has 2 aromatic carbocycles. The molecule has 4 atom stereocenters. The number of halogens is 4. The van der Waals surface area contributed by atoms with Crippen molar-refractivity contribution in [2.45, 2.75) is 44.0 Å². The molecule has 4 fully saturated rings. The number of nitrogens with one attached hydrogen (secondary N) is 1. The Kier molecular flexibility index (Phi) is 15.5. The first kappa shape index (κ1) is 51.2. The zero-order valence-electron chi connectivity index (χ0n) is 36.6. The highest BCUT2D eigenvalue weighted by Gasteiger charge is 2.54. The summed E-state index contributed by atoms with van der Waals surface area (Å²) in [5.74, 6) is -5.29. The Hall–Kier alpha value is -6.22. The largest absolute Gasteiger partial charge is 0.492 e. The van der Waals surface area contributed by atoms with Crippen LogP contribution in [-0.4, -0.2) is 142 Å². The number of anilines is 2. The lowest BCUT2D eigenvalue weighted by molar-refractivity contribution is 0.0450. The highest BCUT2D eigenvalue weighted by atomic mass is 32.2. The van der Waals surface area contributed by atoms with E-state index in [4.69, 9.17) is 30.3 Å². The van der Waals surface area contributed by atoms with E-state index in [0.29, 0.717) is 55.5 Å². The highest BCUT2D eigenvalue weighted by molar-refractivity contribution is 7.85. The van der Waals surface area contributed by atoms with E-state index in [1.54, 1.807) is 9.47 Å².